The highest BCUT2D eigenvalue weighted by molar-refractivity contribution is 5.88. The van der Waals surface area contributed by atoms with Gasteiger partial charge in [-0.1, -0.05) is 0 Å². The monoisotopic (exact) mass is 268 g/mol. The van der Waals surface area contributed by atoms with Gasteiger partial charge >= 0.3 is 11.9 Å². The summed E-state index contributed by atoms with van der Waals surface area (Å²) in [6, 6.07) is 2.22. The summed E-state index contributed by atoms with van der Waals surface area (Å²) in [5.74, 6) is -1.57. The number of hydrogen-bond acceptors (Lipinski definition) is 6. The van der Waals surface area contributed by atoms with Gasteiger partial charge in [-0.05, 0) is 12.1 Å². The van der Waals surface area contributed by atoms with Crippen LogP contribution in [0, 0.1) is 0 Å². The second-order valence-corrected chi connectivity index (χ2v) is 3.74. The molecule has 2 N–H and O–H groups in total. The van der Waals surface area contributed by atoms with E-state index in [2.05, 4.69) is 15.0 Å². The smallest absolute Gasteiger partial charge is 0.356 e. The molecular formula is C12H16N2O5. The highest BCUT2D eigenvalue weighted by Crippen LogP contribution is 2.12. The molecule has 0 aliphatic rings. The fraction of sp³-hybridized carbons (Fsp3) is 0.417. The van der Waals surface area contributed by atoms with Gasteiger partial charge in [-0.25, -0.2) is 14.6 Å². The lowest BCUT2D eigenvalue weighted by Gasteiger charge is -2.15. The molecule has 1 atom stereocenters. The van der Waals surface area contributed by atoms with E-state index < -0.39 is 18.0 Å². The minimum absolute atomic E-state index is 0.114. The summed E-state index contributed by atoms with van der Waals surface area (Å²) in [6.45, 7) is 0.318. The first-order chi connectivity index (χ1) is 9.08. The summed E-state index contributed by atoms with van der Waals surface area (Å²) in [4.78, 5) is 26.2. The van der Waals surface area contributed by atoms with Crippen LogP contribution in [0.1, 0.15) is 16.9 Å². The molecule has 0 aromatic carbocycles. The molecule has 0 radical (unpaired) electrons. The van der Waals surface area contributed by atoms with E-state index in [0.29, 0.717) is 18.7 Å². The number of carboxylic acid groups (broad SMARTS) is 1. The Balaban J connectivity index is 2.78. The number of nitrogens with zero attached hydrogens (tertiary/aromatic N) is 1. The first kappa shape index (κ1) is 14.9. The summed E-state index contributed by atoms with van der Waals surface area (Å²) >= 11 is 0. The maximum atomic E-state index is 11.3. The maximum absolute atomic E-state index is 11.3. The van der Waals surface area contributed by atoms with Crippen LogP contribution in [0.4, 0.5) is 5.69 Å². The van der Waals surface area contributed by atoms with E-state index in [1.807, 2.05) is 0 Å². The van der Waals surface area contributed by atoms with E-state index in [1.54, 1.807) is 6.07 Å². The number of carboxylic acids is 1. The van der Waals surface area contributed by atoms with E-state index >= 15 is 0 Å². The zero-order valence-electron chi connectivity index (χ0n) is 10.8. The zero-order valence-corrected chi connectivity index (χ0v) is 10.8. The molecule has 0 amide bonds. The molecule has 7 heteroatoms. The number of hydrogen-bond donors (Lipinski definition) is 2. The van der Waals surface area contributed by atoms with Gasteiger partial charge < -0.3 is 19.9 Å². The van der Waals surface area contributed by atoms with Crippen LogP contribution in [0.5, 0.6) is 0 Å². The van der Waals surface area contributed by atoms with Crippen molar-refractivity contribution in [3.8, 4) is 0 Å². The fourth-order valence-corrected chi connectivity index (χ4v) is 1.43. The number of ether oxygens (including phenoxy) is 2. The van der Waals surface area contributed by atoms with Crippen molar-refractivity contribution in [1.29, 1.82) is 0 Å². The number of methoxy groups -OCH3 is 2. The topological polar surface area (TPSA) is 97.8 Å². The highest BCUT2D eigenvalue weighted by Gasteiger charge is 2.17. The van der Waals surface area contributed by atoms with Crippen molar-refractivity contribution in [3.63, 3.8) is 0 Å². The van der Waals surface area contributed by atoms with Crippen LogP contribution in [-0.2, 0) is 14.3 Å². The summed E-state index contributed by atoms with van der Waals surface area (Å²) in [5, 5.41) is 11.9. The van der Waals surface area contributed by atoms with E-state index in [1.165, 1.54) is 26.5 Å². The third kappa shape index (κ3) is 4.55. The maximum Gasteiger partial charge on any atom is 0.356 e. The Kier molecular flexibility index (Phi) is 5.74. The lowest BCUT2D eigenvalue weighted by atomic mass is 10.2. The Hall–Kier alpha value is -2.15. The van der Waals surface area contributed by atoms with Gasteiger partial charge in [0.2, 0.25) is 0 Å². The number of anilines is 1. The molecule has 1 aromatic heterocycles. The average molecular weight is 268 g/mol. The van der Waals surface area contributed by atoms with Gasteiger partial charge in [0.05, 0.1) is 7.11 Å². The van der Waals surface area contributed by atoms with E-state index in [0.717, 1.165) is 0 Å². The Bertz CT molecular complexity index is 450. The zero-order chi connectivity index (χ0) is 14.3. The molecule has 0 saturated carbocycles. The van der Waals surface area contributed by atoms with Gasteiger partial charge in [0.25, 0.3) is 0 Å². The Morgan fingerprint density at radius 2 is 2.21 bits per heavy atom. The van der Waals surface area contributed by atoms with Crippen LogP contribution < -0.4 is 5.32 Å². The van der Waals surface area contributed by atoms with Crippen LogP contribution in [0.3, 0.4) is 0 Å². The van der Waals surface area contributed by atoms with E-state index in [9.17, 15) is 9.59 Å². The predicted octanol–water partition coefficient (Wildman–Crippen LogP) is 0.770. The molecule has 104 valence electrons. The number of pyridine rings is 1. The summed E-state index contributed by atoms with van der Waals surface area (Å²) in [7, 11) is 2.75. The number of aromatic nitrogens is 1. The molecule has 0 saturated heterocycles. The normalized spacial score (nSPS) is 11.7. The van der Waals surface area contributed by atoms with Gasteiger partial charge in [-0.2, -0.15) is 0 Å². The molecule has 7 nitrogen and oxygen atoms in total. The molecule has 0 spiro atoms. The van der Waals surface area contributed by atoms with Crippen molar-refractivity contribution in [2.75, 3.05) is 26.1 Å². The largest absolute Gasteiger partial charge is 0.480 e. The Morgan fingerprint density at radius 1 is 1.47 bits per heavy atom. The number of nitrogens with one attached hydrogen (secondary N) is 1. The minimum atomic E-state index is -0.992. The third-order valence-electron chi connectivity index (χ3n) is 2.40. The second-order valence-electron chi connectivity index (χ2n) is 3.74. The summed E-state index contributed by atoms with van der Waals surface area (Å²) < 4.78 is 9.39. The number of rotatable bonds is 7. The number of aliphatic carboxylic acids is 1. The summed E-state index contributed by atoms with van der Waals surface area (Å²) in [6.07, 6.45) is 1.71. The van der Waals surface area contributed by atoms with Gasteiger partial charge in [-0.3, -0.25) is 0 Å². The molecule has 0 aliphatic heterocycles. The van der Waals surface area contributed by atoms with Crippen molar-refractivity contribution >= 4 is 17.6 Å². The van der Waals surface area contributed by atoms with Crippen molar-refractivity contribution in [2.45, 2.75) is 12.5 Å². The lowest BCUT2D eigenvalue weighted by molar-refractivity contribution is -0.138. The van der Waals surface area contributed by atoms with Crippen molar-refractivity contribution < 1.29 is 24.2 Å². The highest BCUT2D eigenvalue weighted by atomic mass is 16.5. The number of carbonyl (C=O) groups excluding carboxylic acids is 1. The van der Waals surface area contributed by atoms with Crippen LogP contribution in [-0.4, -0.2) is 48.9 Å². The van der Waals surface area contributed by atoms with Gasteiger partial charge in [-0.15, -0.1) is 0 Å². The van der Waals surface area contributed by atoms with E-state index in [-0.39, 0.29) is 5.69 Å². The molecule has 19 heavy (non-hydrogen) atoms. The van der Waals surface area contributed by atoms with Crippen molar-refractivity contribution in [3.05, 3.63) is 24.0 Å². The lowest BCUT2D eigenvalue weighted by Crippen LogP contribution is -2.30. The first-order valence-corrected chi connectivity index (χ1v) is 5.61. The molecule has 1 rings (SSSR count). The molecule has 0 aliphatic carbocycles. The molecule has 1 unspecified atom stereocenters. The van der Waals surface area contributed by atoms with Gasteiger partial charge in [0.15, 0.2) is 0 Å². The van der Waals surface area contributed by atoms with Crippen molar-refractivity contribution in [1.82, 2.24) is 4.98 Å². The molecule has 1 aromatic rings. The fourth-order valence-electron chi connectivity index (χ4n) is 1.43. The molecule has 0 bridgehead atoms. The average Bonchev–Trinajstić information content (AvgIpc) is 2.42. The molecular weight excluding hydrogens is 252 g/mol. The van der Waals surface area contributed by atoms with Crippen molar-refractivity contribution in [2.24, 2.45) is 0 Å². The number of carbonyl (C=O) groups is 2. The third-order valence-corrected chi connectivity index (χ3v) is 2.40. The standard InChI is InChI=1S/C12H16N2O5/c1-18-6-4-9(11(15)16)14-8-3-5-13-10(7-8)12(17)19-2/h3,5,7,9H,4,6H2,1-2H3,(H,13,14)(H,15,16). The Labute approximate surface area is 110 Å². The second kappa shape index (κ2) is 7.32. The number of esters is 1. The molecule has 1 heterocycles. The van der Waals surface area contributed by atoms with Gasteiger partial charge in [0.1, 0.15) is 11.7 Å². The first-order valence-electron chi connectivity index (χ1n) is 5.61. The van der Waals surface area contributed by atoms with Gasteiger partial charge in [0, 0.05) is 32.0 Å². The quantitative estimate of drug-likeness (QED) is 0.705. The minimum Gasteiger partial charge on any atom is -0.480 e. The SMILES string of the molecule is COCCC(Nc1ccnc(C(=O)OC)c1)C(=O)O. The van der Waals surface area contributed by atoms with E-state index in [4.69, 9.17) is 9.84 Å². The van der Waals surface area contributed by atoms with Crippen LogP contribution in [0.15, 0.2) is 18.3 Å². The summed E-state index contributed by atoms with van der Waals surface area (Å²) in [5.41, 5.74) is 0.599. The van der Waals surface area contributed by atoms with Crippen LogP contribution in [0.2, 0.25) is 0 Å². The van der Waals surface area contributed by atoms with Crippen LogP contribution in [0.25, 0.3) is 0 Å². The Morgan fingerprint density at radius 3 is 2.79 bits per heavy atom. The predicted molar refractivity (Wildman–Crippen MR) is 67.1 cm³/mol. The molecule has 0 fully saturated rings. The van der Waals surface area contributed by atoms with Crippen LogP contribution >= 0.6 is 0 Å².